The smallest absolute Gasteiger partial charge is 0.159 e. The lowest BCUT2D eigenvalue weighted by atomic mass is 9.77. The van der Waals surface area contributed by atoms with Crippen LogP contribution in [0.5, 0.6) is 0 Å². The van der Waals surface area contributed by atoms with Gasteiger partial charge in [0.25, 0.3) is 0 Å². The summed E-state index contributed by atoms with van der Waals surface area (Å²) in [7, 11) is 0. The van der Waals surface area contributed by atoms with E-state index in [4.69, 9.17) is 0 Å². The van der Waals surface area contributed by atoms with Crippen molar-refractivity contribution in [2.24, 2.45) is 5.41 Å². The predicted molar refractivity (Wildman–Crippen MR) is 69.4 cm³/mol. The van der Waals surface area contributed by atoms with E-state index in [1.807, 2.05) is 6.92 Å². The van der Waals surface area contributed by atoms with Gasteiger partial charge < -0.3 is 5.32 Å². The maximum atomic E-state index is 13.4. The van der Waals surface area contributed by atoms with Crippen molar-refractivity contribution in [2.45, 2.75) is 45.6 Å². The predicted octanol–water partition coefficient (Wildman–Crippen LogP) is 4.20. The lowest BCUT2D eigenvalue weighted by molar-refractivity contribution is 0.225. The molecule has 1 unspecified atom stereocenters. The molecule has 0 spiro atoms. The van der Waals surface area contributed by atoms with Crippen LogP contribution in [0.1, 0.15) is 51.1 Å². The van der Waals surface area contributed by atoms with Gasteiger partial charge in [-0.3, -0.25) is 0 Å². The Kier molecular flexibility index (Phi) is 4.00. The highest BCUT2D eigenvalue weighted by molar-refractivity contribution is 5.23. The highest BCUT2D eigenvalue weighted by atomic mass is 19.2. The molecular weight excluding hydrogens is 232 g/mol. The fraction of sp³-hybridized carbons (Fsp3) is 0.600. The zero-order valence-corrected chi connectivity index (χ0v) is 11.1. The molecule has 0 amide bonds. The van der Waals surface area contributed by atoms with Crippen LogP contribution in [0.2, 0.25) is 0 Å². The van der Waals surface area contributed by atoms with E-state index in [1.165, 1.54) is 25.0 Å². The van der Waals surface area contributed by atoms with Crippen molar-refractivity contribution in [3.63, 3.8) is 0 Å². The Hall–Kier alpha value is -0.960. The lowest BCUT2D eigenvalue weighted by Gasteiger charge is -2.35. The van der Waals surface area contributed by atoms with Crippen LogP contribution in [0, 0.1) is 17.0 Å². The molecule has 0 bridgehead atoms. The fourth-order valence-corrected chi connectivity index (χ4v) is 3.13. The fourth-order valence-electron chi connectivity index (χ4n) is 3.13. The molecule has 0 saturated heterocycles. The second-order valence-electron chi connectivity index (χ2n) is 5.53. The van der Waals surface area contributed by atoms with Crippen molar-refractivity contribution >= 4 is 0 Å². The Morgan fingerprint density at radius 2 is 1.89 bits per heavy atom. The van der Waals surface area contributed by atoms with E-state index in [9.17, 15) is 8.78 Å². The van der Waals surface area contributed by atoms with Gasteiger partial charge in [-0.25, -0.2) is 8.78 Å². The maximum absolute atomic E-state index is 13.4. The van der Waals surface area contributed by atoms with Gasteiger partial charge in [-0.15, -0.1) is 0 Å². The summed E-state index contributed by atoms with van der Waals surface area (Å²) >= 11 is 0. The van der Waals surface area contributed by atoms with Gasteiger partial charge >= 0.3 is 0 Å². The van der Waals surface area contributed by atoms with Crippen LogP contribution in [0.4, 0.5) is 8.78 Å². The molecule has 100 valence electrons. The van der Waals surface area contributed by atoms with Crippen LogP contribution in [-0.4, -0.2) is 6.54 Å². The number of hydrogen-bond acceptors (Lipinski definition) is 1. The van der Waals surface area contributed by atoms with Crippen molar-refractivity contribution in [1.29, 1.82) is 0 Å². The Bertz CT molecular complexity index is 411. The molecule has 3 heteroatoms. The number of halogens is 2. The van der Waals surface area contributed by atoms with Crippen LogP contribution >= 0.6 is 0 Å². The molecule has 1 aromatic rings. The summed E-state index contributed by atoms with van der Waals surface area (Å²) in [5.41, 5.74) is 1.01. The summed E-state index contributed by atoms with van der Waals surface area (Å²) in [6.45, 7) is 5.12. The summed E-state index contributed by atoms with van der Waals surface area (Å²) in [6, 6.07) is 4.38. The van der Waals surface area contributed by atoms with Gasteiger partial charge in [0.1, 0.15) is 0 Å². The Balaban J connectivity index is 2.31. The highest BCUT2D eigenvalue weighted by Gasteiger charge is 2.37. The van der Waals surface area contributed by atoms with E-state index < -0.39 is 11.6 Å². The zero-order valence-electron chi connectivity index (χ0n) is 11.1. The van der Waals surface area contributed by atoms with Crippen LogP contribution in [0.3, 0.4) is 0 Å². The average molecular weight is 253 g/mol. The number of nitrogens with one attached hydrogen (secondary N) is 1. The molecule has 0 heterocycles. The third-order valence-corrected chi connectivity index (χ3v) is 4.13. The normalized spacial score (nSPS) is 20.0. The zero-order chi connectivity index (χ0) is 13.2. The molecule has 2 rings (SSSR count). The third-order valence-electron chi connectivity index (χ3n) is 4.13. The van der Waals surface area contributed by atoms with Crippen molar-refractivity contribution in [2.75, 3.05) is 6.54 Å². The van der Waals surface area contributed by atoms with Gasteiger partial charge in [-0.2, -0.15) is 0 Å². The molecule has 0 aromatic heterocycles. The molecule has 1 nitrogen and oxygen atoms in total. The van der Waals surface area contributed by atoms with Gasteiger partial charge in [0.15, 0.2) is 11.6 Å². The topological polar surface area (TPSA) is 12.0 Å². The minimum absolute atomic E-state index is 0.111. The summed E-state index contributed by atoms with van der Waals surface area (Å²) < 4.78 is 26.4. The quantitative estimate of drug-likeness (QED) is 0.848. The first kappa shape index (κ1) is 13.5. The third kappa shape index (κ3) is 2.56. The first-order chi connectivity index (χ1) is 8.57. The summed E-state index contributed by atoms with van der Waals surface area (Å²) in [5.74, 6) is -1.53. The number of rotatable bonds is 4. The van der Waals surface area contributed by atoms with Gasteiger partial charge in [-0.1, -0.05) is 32.8 Å². The van der Waals surface area contributed by atoms with Crippen molar-refractivity contribution in [1.82, 2.24) is 5.32 Å². The molecule has 18 heavy (non-hydrogen) atoms. The summed E-state index contributed by atoms with van der Waals surface area (Å²) in [4.78, 5) is 0. The van der Waals surface area contributed by atoms with E-state index >= 15 is 0 Å². The molecule has 0 aliphatic heterocycles. The van der Waals surface area contributed by atoms with Crippen LogP contribution in [-0.2, 0) is 0 Å². The minimum Gasteiger partial charge on any atom is -0.310 e. The van der Waals surface area contributed by atoms with Crippen molar-refractivity contribution < 1.29 is 8.78 Å². The summed E-state index contributed by atoms with van der Waals surface area (Å²) in [5, 5.41) is 3.44. The summed E-state index contributed by atoms with van der Waals surface area (Å²) in [6.07, 6.45) is 4.73. The van der Waals surface area contributed by atoms with E-state index in [1.54, 1.807) is 6.07 Å². The molecule has 1 aliphatic rings. The van der Waals surface area contributed by atoms with Crippen molar-refractivity contribution in [3.8, 4) is 0 Å². The van der Waals surface area contributed by atoms with Crippen LogP contribution in [0.25, 0.3) is 0 Å². The first-order valence-corrected chi connectivity index (χ1v) is 6.75. The van der Waals surface area contributed by atoms with Crippen LogP contribution in [0.15, 0.2) is 18.2 Å². The second kappa shape index (κ2) is 5.35. The molecule has 1 aliphatic carbocycles. The molecule has 1 N–H and O–H groups in total. The van der Waals surface area contributed by atoms with Gasteiger partial charge in [-0.05, 0) is 42.5 Å². The largest absolute Gasteiger partial charge is 0.310 e. The Morgan fingerprint density at radius 1 is 1.22 bits per heavy atom. The van der Waals surface area contributed by atoms with Gasteiger partial charge in [0.2, 0.25) is 0 Å². The standard InChI is InChI=1S/C15H21F2N/c1-3-18-14(15(2)8-4-5-9-15)11-6-7-12(16)13(17)10-11/h6-7,10,14,18H,3-5,8-9H2,1-2H3. The van der Waals surface area contributed by atoms with Gasteiger partial charge in [0.05, 0.1) is 0 Å². The molecule has 1 saturated carbocycles. The maximum Gasteiger partial charge on any atom is 0.159 e. The van der Waals surface area contributed by atoms with E-state index in [0.717, 1.165) is 24.9 Å². The molecule has 1 fully saturated rings. The minimum atomic E-state index is -0.773. The highest BCUT2D eigenvalue weighted by Crippen LogP contribution is 2.47. The van der Waals surface area contributed by atoms with Gasteiger partial charge in [0, 0.05) is 6.04 Å². The SMILES string of the molecule is CCNC(c1ccc(F)c(F)c1)C1(C)CCCC1. The molecular formula is C15H21F2N. The first-order valence-electron chi connectivity index (χ1n) is 6.75. The lowest BCUT2D eigenvalue weighted by Crippen LogP contribution is -2.34. The monoisotopic (exact) mass is 253 g/mol. The molecule has 1 atom stereocenters. The van der Waals surface area contributed by atoms with E-state index in [-0.39, 0.29) is 11.5 Å². The van der Waals surface area contributed by atoms with Crippen LogP contribution < -0.4 is 5.32 Å². The Morgan fingerprint density at radius 3 is 2.44 bits per heavy atom. The van der Waals surface area contributed by atoms with E-state index in [0.29, 0.717) is 0 Å². The number of hydrogen-bond donors (Lipinski definition) is 1. The molecule has 1 aromatic carbocycles. The second-order valence-corrected chi connectivity index (χ2v) is 5.53. The van der Waals surface area contributed by atoms with E-state index in [2.05, 4.69) is 12.2 Å². The molecule has 0 radical (unpaired) electrons. The number of benzene rings is 1. The average Bonchev–Trinajstić information content (AvgIpc) is 2.78. The van der Waals surface area contributed by atoms with Crippen molar-refractivity contribution in [3.05, 3.63) is 35.4 Å². The Labute approximate surface area is 108 Å².